The maximum absolute atomic E-state index is 12.2. The summed E-state index contributed by atoms with van der Waals surface area (Å²) in [7, 11) is 0. The van der Waals surface area contributed by atoms with Gasteiger partial charge in [0.05, 0.1) is 5.39 Å². The lowest BCUT2D eigenvalue weighted by Crippen LogP contribution is -2.22. The monoisotopic (exact) mass is 310 g/mol. The van der Waals surface area contributed by atoms with Crippen LogP contribution in [-0.2, 0) is 4.79 Å². The van der Waals surface area contributed by atoms with E-state index < -0.39 is 12.1 Å². The molecule has 1 N–H and O–H groups in total. The van der Waals surface area contributed by atoms with Gasteiger partial charge in [0.15, 0.2) is 11.5 Å². The van der Waals surface area contributed by atoms with E-state index >= 15 is 0 Å². The lowest BCUT2D eigenvalue weighted by atomic mass is 10.1. The number of carboxylic acid groups (broad SMARTS) is 1. The van der Waals surface area contributed by atoms with E-state index in [2.05, 4.69) is 0 Å². The largest absolute Gasteiger partial charge is 0.479 e. The summed E-state index contributed by atoms with van der Waals surface area (Å²) >= 11 is 0. The molecular formula is C18H14O5. The van der Waals surface area contributed by atoms with Crippen molar-refractivity contribution in [3.8, 4) is 17.1 Å². The number of carbonyl (C=O) groups is 1. The number of ether oxygens (including phenoxy) is 1. The van der Waals surface area contributed by atoms with Crippen LogP contribution in [-0.4, -0.2) is 17.2 Å². The second-order valence-electron chi connectivity index (χ2n) is 5.10. The summed E-state index contributed by atoms with van der Waals surface area (Å²) in [6, 6.07) is 15.4. The van der Waals surface area contributed by atoms with Crippen LogP contribution in [0.3, 0.4) is 0 Å². The second kappa shape index (κ2) is 5.96. The Morgan fingerprint density at radius 1 is 1.13 bits per heavy atom. The Hall–Kier alpha value is -3.08. The summed E-state index contributed by atoms with van der Waals surface area (Å²) in [4.78, 5) is 23.1. The fourth-order valence-electron chi connectivity index (χ4n) is 2.21. The van der Waals surface area contributed by atoms with Crippen molar-refractivity contribution in [3.63, 3.8) is 0 Å². The molecule has 1 aromatic heterocycles. The number of hydrogen-bond acceptors (Lipinski definition) is 4. The van der Waals surface area contributed by atoms with E-state index in [1.165, 1.54) is 19.1 Å². The van der Waals surface area contributed by atoms with Gasteiger partial charge < -0.3 is 14.3 Å². The first-order chi connectivity index (χ1) is 11.0. The van der Waals surface area contributed by atoms with Crippen molar-refractivity contribution in [2.45, 2.75) is 13.0 Å². The lowest BCUT2D eigenvalue weighted by molar-refractivity contribution is -0.144. The van der Waals surface area contributed by atoms with E-state index in [0.717, 1.165) is 5.56 Å². The smallest absolute Gasteiger partial charge is 0.344 e. The molecule has 0 aliphatic carbocycles. The Bertz CT molecular complexity index is 912. The highest BCUT2D eigenvalue weighted by Gasteiger charge is 2.14. The molecule has 0 unspecified atom stereocenters. The van der Waals surface area contributed by atoms with Crippen molar-refractivity contribution >= 4 is 16.9 Å². The molecule has 0 saturated carbocycles. The molecule has 0 saturated heterocycles. The van der Waals surface area contributed by atoms with Crippen molar-refractivity contribution in [3.05, 3.63) is 64.8 Å². The molecule has 1 atom stereocenters. The topological polar surface area (TPSA) is 76.7 Å². The molecule has 1 heterocycles. The van der Waals surface area contributed by atoms with Crippen LogP contribution in [0.2, 0.25) is 0 Å². The van der Waals surface area contributed by atoms with Gasteiger partial charge in [-0.1, -0.05) is 30.3 Å². The molecule has 0 amide bonds. The van der Waals surface area contributed by atoms with Crippen LogP contribution in [0.25, 0.3) is 22.3 Å². The van der Waals surface area contributed by atoms with Gasteiger partial charge in [0, 0.05) is 17.7 Å². The average Bonchev–Trinajstić information content (AvgIpc) is 2.55. The highest BCUT2D eigenvalue weighted by molar-refractivity contribution is 5.80. The predicted octanol–water partition coefficient (Wildman–Crippen LogP) is 3.31. The highest BCUT2D eigenvalue weighted by atomic mass is 16.5. The summed E-state index contributed by atoms with van der Waals surface area (Å²) in [6.45, 7) is 1.43. The van der Waals surface area contributed by atoms with E-state index in [0.29, 0.717) is 22.5 Å². The Balaban J connectivity index is 2.07. The summed E-state index contributed by atoms with van der Waals surface area (Å²) in [5, 5.41) is 9.31. The van der Waals surface area contributed by atoms with Gasteiger partial charge in [0.1, 0.15) is 17.1 Å². The Kier molecular flexibility index (Phi) is 3.85. The third kappa shape index (κ3) is 3.08. The normalized spacial score (nSPS) is 12.0. The maximum Gasteiger partial charge on any atom is 0.344 e. The minimum Gasteiger partial charge on any atom is -0.479 e. The van der Waals surface area contributed by atoms with Gasteiger partial charge in [-0.25, -0.2) is 4.79 Å². The molecule has 5 nitrogen and oxygen atoms in total. The fourth-order valence-corrected chi connectivity index (χ4v) is 2.21. The molecule has 2 aromatic carbocycles. The van der Waals surface area contributed by atoms with Crippen molar-refractivity contribution in [1.29, 1.82) is 0 Å². The van der Waals surface area contributed by atoms with Crippen LogP contribution in [0.4, 0.5) is 0 Å². The number of hydrogen-bond donors (Lipinski definition) is 1. The number of benzene rings is 2. The third-order valence-electron chi connectivity index (χ3n) is 3.42. The van der Waals surface area contributed by atoms with Crippen molar-refractivity contribution in [1.82, 2.24) is 0 Å². The van der Waals surface area contributed by atoms with Crippen LogP contribution in [0.5, 0.6) is 5.75 Å². The van der Waals surface area contributed by atoms with Gasteiger partial charge in [-0.2, -0.15) is 0 Å². The van der Waals surface area contributed by atoms with Gasteiger partial charge in [-0.15, -0.1) is 0 Å². The SMILES string of the molecule is C[C@@H](Oc1ccc2c(=O)cc(-c3ccccc3)oc2c1)C(=O)O. The zero-order chi connectivity index (χ0) is 16.4. The molecule has 0 spiro atoms. The third-order valence-corrected chi connectivity index (χ3v) is 3.42. The lowest BCUT2D eigenvalue weighted by Gasteiger charge is -2.11. The zero-order valence-electron chi connectivity index (χ0n) is 12.4. The number of fused-ring (bicyclic) bond motifs is 1. The average molecular weight is 310 g/mol. The van der Waals surface area contributed by atoms with Gasteiger partial charge >= 0.3 is 5.97 Å². The maximum atomic E-state index is 12.2. The van der Waals surface area contributed by atoms with Crippen molar-refractivity contribution in [2.75, 3.05) is 0 Å². The van der Waals surface area contributed by atoms with Crippen LogP contribution in [0, 0.1) is 0 Å². The molecule has 5 heteroatoms. The van der Waals surface area contributed by atoms with E-state index in [1.54, 1.807) is 12.1 Å². The summed E-state index contributed by atoms with van der Waals surface area (Å²) in [5.74, 6) is -0.281. The Morgan fingerprint density at radius 2 is 1.87 bits per heavy atom. The van der Waals surface area contributed by atoms with Crippen LogP contribution < -0.4 is 10.2 Å². The molecule has 23 heavy (non-hydrogen) atoms. The molecule has 116 valence electrons. The van der Waals surface area contributed by atoms with E-state index in [1.807, 2.05) is 30.3 Å². The predicted molar refractivity (Wildman–Crippen MR) is 85.6 cm³/mol. The zero-order valence-corrected chi connectivity index (χ0v) is 12.4. The molecular weight excluding hydrogens is 296 g/mol. The van der Waals surface area contributed by atoms with Gasteiger partial charge in [-0.05, 0) is 19.1 Å². The first-order valence-electron chi connectivity index (χ1n) is 7.07. The summed E-state index contributed by atoms with van der Waals surface area (Å²) < 4.78 is 11.1. The minimum absolute atomic E-state index is 0.164. The first-order valence-corrected chi connectivity index (χ1v) is 7.07. The van der Waals surface area contributed by atoms with Crippen molar-refractivity contribution < 1.29 is 19.1 Å². The Labute approximate surface area is 131 Å². The molecule has 3 rings (SSSR count). The van der Waals surface area contributed by atoms with Crippen LogP contribution in [0.15, 0.2) is 63.8 Å². The number of aliphatic carboxylic acids is 1. The molecule has 0 aliphatic heterocycles. The molecule has 0 fully saturated rings. The quantitative estimate of drug-likeness (QED) is 0.800. The summed E-state index contributed by atoms with van der Waals surface area (Å²) in [6.07, 6.45) is -0.989. The van der Waals surface area contributed by atoms with Gasteiger partial charge in [0.25, 0.3) is 0 Å². The van der Waals surface area contributed by atoms with E-state index in [4.69, 9.17) is 14.3 Å². The van der Waals surface area contributed by atoms with Crippen LogP contribution >= 0.6 is 0 Å². The standard InChI is InChI=1S/C18H14O5/c1-11(18(20)21)22-13-7-8-14-15(19)10-16(23-17(14)9-13)12-5-3-2-4-6-12/h2-11H,1H3,(H,20,21)/t11-/m1/s1. The Morgan fingerprint density at radius 3 is 2.57 bits per heavy atom. The minimum atomic E-state index is -1.07. The van der Waals surface area contributed by atoms with Gasteiger partial charge in [0.2, 0.25) is 0 Å². The summed E-state index contributed by atoms with van der Waals surface area (Å²) in [5.41, 5.74) is 0.978. The van der Waals surface area contributed by atoms with E-state index in [-0.39, 0.29) is 5.43 Å². The van der Waals surface area contributed by atoms with Crippen molar-refractivity contribution in [2.24, 2.45) is 0 Å². The first kappa shape index (κ1) is 14.8. The molecule has 3 aromatic rings. The second-order valence-corrected chi connectivity index (χ2v) is 5.10. The number of carboxylic acids is 1. The van der Waals surface area contributed by atoms with Crippen LogP contribution in [0.1, 0.15) is 6.92 Å². The fraction of sp³-hybridized carbons (Fsp3) is 0.111. The van der Waals surface area contributed by atoms with Gasteiger partial charge in [-0.3, -0.25) is 4.79 Å². The molecule has 0 bridgehead atoms. The molecule has 0 radical (unpaired) electrons. The van der Waals surface area contributed by atoms with E-state index in [9.17, 15) is 9.59 Å². The number of rotatable bonds is 4. The highest BCUT2D eigenvalue weighted by Crippen LogP contribution is 2.25. The molecule has 0 aliphatic rings.